The summed E-state index contributed by atoms with van der Waals surface area (Å²) >= 11 is 6.73. The molecular formula is C17H16Br2N2O3. The summed E-state index contributed by atoms with van der Waals surface area (Å²) in [6, 6.07) is 8.84. The molecule has 0 unspecified atom stereocenters. The summed E-state index contributed by atoms with van der Waals surface area (Å²) < 4.78 is 7.14. The molecule has 0 saturated heterocycles. The van der Waals surface area contributed by atoms with Crippen LogP contribution in [-0.2, 0) is 4.79 Å². The van der Waals surface area contributed by atoms with Gasteiger partial charge in [0.1, 0.15) is 11.5 Å². The lowest BCUT2D eigenvalue weighted by atomic mass is 10.1. The molecule has 0 aromatic heterocycles. The van der Waals surface area contributed by atoms with E-state index in [9.17, 15) is 9.90 Å². The number of nitrogens with one attached hydrogen (secondary N) is 1. The lowest BCUT2D eigenvalue weighted by molar-refractivity contribution is -0.123. The molecule has 7 heteroatoms. The number of hydrogen-bond acceptors (Lipinski definition) is 4. The van der Waals surface area contributed by atoms with Crippen LogP contribution in [-0.4, -0.2) is 23.8 Å². The Balaban J connectivity index is 1.92. The molecule has 0 heterocycles. The molecule has 0 aliphatic rings. The Morgan fingerprint density at radius 3 is 2.75 bits per heavy atom. The average Bonchev–Trinajstić information content (AvgIpc) is 2.49. The van der Waals surface area contributed by atoms with Crippen molar-refractivity contribution in [2.24, 2.45) is 5.10 Å². The first-order valence-electron chi connectivity index (χ1n) is 7.07. The van der Waals surface area contributed by atoms with E-state index < -0.39 is 5.91 Å². The first-order chi connectivity index (χ1) is 11.4. The van der Waals surface area contributed by atoms with Crippen LogP contribution in [0.15, 0.2) is 44.4 Å². The largest absolute Gasteiger partial charge is 0.507 e. The highest BCUT2D eigenvalue weighted by Gasteiger charge is 2.09. The number of hydrazone groups is 1. The molecule has 0 saturated carbocycles. The highest BCUT2D eigenvalue weighted by atomic mass is 79.9. The number of amides is 1. The second kappa shape index (κ2) is 8.30. The molecule has 5 nitrogen and oxygen atoms in total. The van der Waals surface area contributed by atoms with Crippen molar-refractivity contribution in [2.75, 3.05) is 6.61 Å². The van der Waals surface area contributed by atoms with Gasteiger partial charge < -0.3 is 9.84 Å². The second-order valence-electron chi connectivity index (χ2n) is 5.18. The van der Waals surface area contributed by atoms with E-state index in [-0.39, 0.29) is 12.4 Å². The highest BCUT2D eigenvalue weighted by Crippen LogP contribution is 2.30. The van der Waals surface area contributed by atoms with Crippen LogP contribution in [0.25, 0.3) is 0 Å². The van der Waals surface area contributed by atoms with E-state index in [1.54, 1.807) is 12.1 Å². The third-order valence-electron chi connectivity index (χ3n) is 3.10. The van der Waals surface area contributed by atoms with Crippen LogP contribution < -0.4 is 10.2 Å². The maximum absolute atomic E-state index is 11.8. The Bertz CT molecular complexity index is 768. The zero-order valence-corrected chi connectivity index (χ0v) is 16.3. The van der Waals surface area contributed by atoms with Gasteiger partial charge in [-0.15, -0.1) is 0 Å². The van der Waals surface area contributed by atoms with Crippen molar-refractivity contribution < 1.29 is 14.6 Å². The third kappa shape index (κ3) is 5.07. The van der Waals surface area contributed by atoms with E-state index in [2.05, 4.69) is 42.4 Å². The van der Waals surface area contributed by atoms with Crippen LogP contribution in [0.3, 0.4) is 0 Å². The number of aryl methyl sites for hydroxylation is 2. The van der Waals surface area contributed by atoms with Crippen LogP contribution in [0.5, 0.6) is 11.5 Å². The summed E-state index contributed by atoms with van der Waals surface area (Å²) in [6.07, 6.45) is 1.37. The minimum Gasteiger partial charge on any atom is -0.507 e. The summed E-state index contributed by atoms with van der Waals surface area (Å²) in [7, 11) is 0. The smallest absolute Gasteiger partial charge is 0.277 e. The zero-order chi connectivity index (χ0) is 17.7. The normalized spacial score (nSPS) is 10.8. The minimum atomic E-state index is -0.396. The topological polar surface area (TPSA) is 70.9 Å². The van der Waals surface area contributed by atoms with Gasteiger partial charge in [0.2, 0.25) is 0 Å². The number of rotatable bonds is 5. The predicted octanol–water partition coefficient (Wildman–Crippen LogP) is 4.06. The lowest BCUT2D eigenvalue weighted by Crippen LogP contribution is -2.24. The van der Waals surface area contributed by atoms with Gasteiger partial charge >= 0.3 is 0 Å². The Morgan fingerprint density at radius 2 is 2.04 bits per heavy atom. The number of halogens is 2. The predicted molar refractivity (Wildman–Crippen MR) is 101 cm³/mol. The van der Waals surface area contributed by atoms with Crippen molar-refractivity contribution in [1.82, 2.24) is 5.43 Å². The molecule has 24 heavy (non-hydrogen) atoms. The van der Waals surface area contributed by atoms with Gasteiger partial charge in [0.05, 0.1) is 10.7 Å². The summed E-state index contributed by atoms with van der Waals surface area (Å²) in [4.78, 5) is 11.8. The van der Waals surface area contributed by atoms with E-state index in [1.165, 1.54) is 12.3 Å². The molecule has 0 spiro atoms. The van der Waals surface area contributed by atoms with Gasteiger partial charge in [-0.05, 0) is 65.2 Å². The van der Waals surface area contributed by atoms with Crippen LogP contribution >= 0.6 is 31.9 Å². The summed E-state index contributed by atoms with van der Waals surface area (Å²) in [6.45, 7) is 3.74. The van der Waals surface area contributed by atoms with Crippen LogP contribution in [0.4, 0.5) is 0 Å². The lowest BCUT2D eigenvalue weighted by Gasteiger charge is -2.11. The minimum absolute atomic E-state index is 0.0756. The molecule has 126 valence electrons. The number of phenolic OH excluding ortho intramolecular Hbond substituents is 1. The number of ether oxygens (including phenoxy) is 1. The summed E-state index contributed by atoms with van der Waals surface area (Å²) in [5, 5.41) is 13.5. The first-order valence-corrected chi connectivity index (χ1v) is 8.65. The highest BCUT2D eigenvalue weighted by molar-refractivity contribution is 9.10. The number of benzene rings is 2. The van der Waals surface area contributed by atoms with Crippen LogP contribution in [0, 0.1) is 13.8 Å². The standard InChI is InChI=1S/C17H16Br2N2O3/c1-10-5-11(2)17(14(19)6-10)24-9-16(23)21-20-8-12-7-13(18)3-4-15(12)22/h3-8,22H,9H2,1-2H3,(H,21,23)/b20-8+. The number of aromatic hydroxyl groups is 1. The number of carbonyl (C=O) groups is 1. The van der Waals surface area contributed by atoms with Gasteiger partial charge in [-0.25, -0.2) is 5.43 Å². The maximum atomic E-state index is 11.8. The fourth-order valence-electron chi connectivity index (χ4n) is 2.06. The molecule has 0 aliphatic heterocycles. The molecule has 2 aromatic rings. The molecule has 0 radical (unpaired) electrons. The molecule has 2 aromatic carbocycles. The molecular weight excluding hydrogens is 440 g/mol. The maximum Gasteiger partial charge on any atom is 0.277 e. The Morgan fingerprint density at radius 1 is 1.29 bits per heavy atom. The summed E-state index contributed by atoms with van der Waals surface area (Å²) in [5.74, 6) is 0.309. The molecule has 0 bridgehead atoms. The fraction of sp³-hybridized carbons (Fsp3) is 0.176. The first kappa shape index (κ1) is 18.5. The van der Waals surface area contributed by atoms with E-state index in [0.29, 0.717) is 11.3 Å². The molecule has 1 amide bonds. The molecule has 0 fully saturated rings. The van der Waals surface area contributed by atoms with Gasteiger partial charge in [0.25, 0.3) is 5.91 Å². The van der Waals surface area contributed by atoms with E-state index in [1.807, 2.05) is 26.0 Å². The average molecular weight is 456 g/mol. The Hall–Kier alpha value is -1.86. The van der Waals surface area contributed by atoms with Gasteiger partial charge in [-0.3, -0.25) is 4.79 Å². The van der Waals surface area contributed by atoms with E-state index in [0.717, 1.165) is 20.1 Å². The van der Waals surface area contributed by atoms with Gasteiger partial charge in [0.15, 0.2) is 6.61 Å². The van der Waals surface area contributed by atoms with Gasteiger partial charge in [-0.1, -0.05) is 22.0 Å². The van der Waals surface area contributed by atoms with Crippen molar-refractivity contribution in [2.45, 2.75) is 13.8 Å². The van der Waals surface area contributed by atoms with Crippen LogP contribution in [0.1, 0.15) is 16.7 Å². The monoisotopic (exact) mass is 454 g/mol. The molecule has 2 N–H and O–H groups in total. The van der Waals surface area contributed by atoms with Crippen molar-refractivity contribution in [3.05, 3.63) is 56.0 Å². The quantitative estimate of drug-likeness (QED) is 0.527. The number of carbonyl (C=O) groups excluding carboxylic acids is 1. The molecule has 0 aliphatic carbocycles. The number of nitrogens with zero attached hydrogens (tertiary/aromatic N) is 1. The molecule has 0 atom stereocenters. The number of phenols is 1. The Labute approximate surface area is 157 Å². The van der Waals surface area contributed by atoms with Crippen molar-refractivity contribution in [1.29, 1.82) is 0 Å². The molecule has 2 rings (SSSR count). The van der Waals surface area contributed by atoms with E-state index in [4.69, 9.17) is 4.74 Å². The second-order valence-corrected chi connectivity index (χ2v) is 6.95. The number of hydrogen-bond donors (Lipinski definition) is 2. The van der Waals surface area contributed by atoms with E-state index >= 15 is 0 Å². The Kier molecular flexibility index (Phi) is 6.39. The SMILES string of the molecule is Cc1cc(C)c(OCC(=O)N/N=C/c2cc(Br)ccc2O)c(Br)c1. The van der Waals surface area contributed by atoms with Crippen molar-refractivity contribution in [3.8, 4) is 11.5 Å². The van der Waals surface area contributed by atoms with Crippen molar-refractivity contribution in [3.63, 3.8) is 0 Å². The third-order valence-corrected chi connectivity index (χ3v) is 4.19. The van der Waals surface area contributed by atoms with Crippen LogP contribution in [0.2, 0.25) is 0 Å². The fourth-order valence-corrected chi connectivity index (χ4v) is 3.22. The van der Waals surface area contributed by atoms with Crippen molar-refractivity contribution >= 4 is 44.0 Å². The van der Waals surface area contributed by atoms with Gasteiger partial charge in [-0.2, -0.15) is 5.10 Å². The van der Waals surface area contributed by atoms with Gasteiger partial charge in [0, 0.05) is 10.0 Å². The zero-order valence-electron chi connectivity index (χ0n) is 13.1. The summed E-state index contributed by atoms with van der Waals surface area (Å²) in [5.41, 5.74) is 4.90.